The van der Waals surface area contributed by atoms with Gasteiger partial charge in [-0.3, -0.25) is 25.1 Å². The van der Waals surface area contributed by atoms with Gasteiger partial charge in [0.2, 0.25) is 11.8 Å². The molecule has 34 heavy (non-hydrogen) atoms. The monoisotopic (exact) mass is 478 g/mol. The number of hydrogen-bond acceptors (Lipinski definition) is 8. The maximum absolute atomic E-state index is 12.7. The van der Waals surface area contributed by atoms with Gasteiger partial charge in [0.05, 0.1) is 13.7 Å². The Morgan fingerprint density at radius 2 is 1.91 bits per heavy atom. The van der Waals surface area contributed by atoms with Crippen molar-refractivity contribution < 1.29 is 28.7 Å². The van der Waals surface area contributed by atoms with Crippen LogP contribution in [0.4, 0.5) is 15.3 Å². The number of rotatable bonds is 9. The maximum atomic E-state index is 12.7. The van der Waals surface area contributed by atoms with Gasteiger partial charge >= 0.3 is 12.2 Å². The number of amides is 4. The first-order valence-electron chi connectivity index (χ1n) is 10.2. The molecule has 0 unspecified atom stereocenters. The number of carbonyl (C=O) groups excluding carboxylic acids is 4. The zero-order valence-corrected chi connectivity index (χ0v) is 19.5. The zero-order chi connectivity index (χ0) is 25.9. The smallest absolute Gasteiger partial charge is 0.413 e. The Labute approximate surface area is 196 Å². The van der Waals surface area contributed by atoms with Crippen LogP contribution in [0, 0.1) is 5.41 Å². The predicted molar refractivity (Wildman–Crippen MR) is 123 cm³/mol. The number of nitrogens with zero attached hydrogens (tertiary/aromatic N) is 1. The van der Waals surface area contributed by atoms with E-state index in [4.69, 9.17) is 15.9 Å². The fourth-order valence-electron chi connectivity index (χ4n) is 2.55. The Kier molecular flexibility index (Phi) is 10.5. The van der Waals surface area contributed by atoms with E-state index in [0.29, 0.717) is 0 Å². The Hall–Kier alpha value is -4.16. The Morgan fingerprint density at radius 1 is 1.24 bits per heavy atom. The lowest BCUT2D eigenvalue weighted by Crippen LogP contribution is -2.44. The molecule has 13 nitrogen and oxygen atoms in total. The van der Waals surface area contributed by atoms with Crippen molar-refractivity contribution in [2.75, 3.05) is 12.4 Å². The molecule has 0 aliphatic carbocycles. The van der Waals surface area contributed by atoms with Crippen LogP contribution in [0.25, 0.3) is 0 Å². The van der Waals surface area contributed by atoms with Gasteiger partial charge in [0.25, 0.3) is 5.56 Å². The number of alkyl carbamates (subject to hydrolysis) is 2. The molecular weight excluding hydrogens is 448 g/mol. The molecule has 0 spiro atoms. The number of nitrogens with two attached hydrogens (primary N) is 1. The van der Waals surface area contributed by atoms with Crippen molar-refractivity contribution in [1.82, 2.24) is 15.2 Å². The van der Waals surface area contributed by atoms with Crippen molar-refractivity contribution in [3.05, 3.63) is 40.8 Å². The highest BCUT2D eigenvalue weighted by molar-refractivity contribution is 5.96. The summed E-state index contributed by atoms with van der Waals surface area (Å²) in [6, 6.07) is 1.74. The van der Waals surface area contributed by atoms with Crippen molar-refractivity contribution in [2.45, 2.75) is 51.8 Å². The summed E-state index contributed by atoms with van der Waals surface area (Å²) in [6.45, 7) is 4.72. The number of primary amides is 1. The van der Waals surface area contributed by atoms with E-state index in [-0.39, 0.29) is 30.9 Å². The third-order valence-corrected chi connectivity index (χ3v) is 3.96. The molecule has 0 fully saturated rings. The van der Waals surface area contributed by atoms with Crippen LogP contribution in [0.2, 0.25) is 0 Å². The molecule has 186 valence electrons. The molecule has 1 atom stereocenters. The number of allylic oxidation sites excluding steroid dienone is 1. The van der Waals surface area contributed by atoms with Crippen molar-refractivity contribution in [1.29, 1.82) is 5.41 Å². The first-order valence-corrected chi connectivity index (χ1v) is 10.2. The minimum Gasteiger partial charge on any atom is -0.453 e. The second kappa shape index (κ2) is 12.8. The van der Waals surface area contributed by atoms with Crippen LogP contribution in [0.15, 0.2) is 35.3 Å². The highest BCUT2D eigenvalue weighted by Gasteiger charge is 2.22. The largest absolute Gasteiger partial charge is 0.453 e. The Morgan fingerprint density at radius 3 is 2.50 bits per heavy atom. The molecule has 1 aromatic heterocycles. The van der Waals surface area contributed by atoms with Gasteiger partial charge in [-0.2, -0.15) is 0 Å². The van der Waals surface area contributed by atoms with Crippen molar-refractivity contribution in [3.63, 3.8) is 0 Å². The minimum absolute atomic E-state index is 0.0934. The second-order valence-electron chi connectivity index (χ2n) is 8.02. The lowest BCUT2D eigenvalue weighted by Gasteiger charge is -2.20. The van der Waals surface area contributed by atoms with Crippen LogP contribution in [0.3, 0.4) is 0 Å². The average Bonchev–Trinajstić information content (AvgIpc) is 2.71. The fraction of sp³-hybridized carbons (Fsp3) is 0.429. The number of ether oxygens (including phenoxy) is 2. The quantitative estimate of drug-likeness (QED) is 0.197. The number of hydrogen-bond donors (Lipinski definition) is 5. The summed E-state index contributed by atoms with van der Waals surface area (Å²) in [5, 5.41) is 14.9. The average molecular weight is 479 g/mol. The molecule has 0 saturated carbocycles. The Balaban J connectivity index is 2.90. The molecule has 4 amide bonds. The van der Waals surface area contributed by atoms with Gasteiger partial charge in [0, 0.05) is 6.20 Å². The third-order valence-electron chi connectivity index (χ3n) is 3.96. The van der Waals surface area contributed by atoms with Crippen LogP contribution in [0.1, 0.15) is 33.6 Å². The first kappa shape index (κ1) is 27.9. The molecule has 0 bridgehead atoms. The highest BCUT2D eigenvalue weighted by Crippen LogP contribution is 2.07. The van der Waals surface area contributed by atoms with Gasteiger partial charge in [-0.1, -0.05) is 6.08 Å². The van der Waals surface area contributed by atoms with Crippen LogP contribution < -0.4 is 27.2 Å². The molecule has 0 aromatic carbocycles. The molecule has 1 aromatic rings. The first-order chi connectivity index (χ1) is 15.8. The summed E-state index contributed by atoms with van der Waals surface area (Å²) in [4.78, 5) is 59.6. The number of nitrogens with one attached hydrogen (secondary N) is 4. The number of aromatic nitrogens is 1. The topological polar surface area (TPSA) is 195 Å². The molecule has 1 heterocycles. The van der Waals surface area contributed by atoms with Crippen molar-refractivity contribution in [2.24, 2.45) is 5.73 Å². The molecule has 13 heteroatoms. The van der Waals surface area contributed by atoms with E-state index in [1.54, 1.807) is 20.8 Å². The van der Waals surface area contributed by atoms with E-state index >= 15 is 0 Å². The summed E-state index contributed by atoms with van der Waals surface area (Å²) in [7, 11) is 1.13. The van der Waals surface area contributed by atoms with E-state index in [1.165, 1.54) is 24.4 Å². The van der Waals surface area contributed by atoms with E-state index in [1.807, 2.05) is 0 Å². The van der Waals surface area contributed by atoms with Gasteiger partial charge < -0.3 is 30.4 Å². The lowest BCUT2D eigenvalue weighted by atomic mass is 10.1. The molecule has 6 N–H and O–H groups in total. The molecule has 0 saturated heterocycles. The summed E-state index contributed by atoms with van der Waals surface area (Å²) < 4.78 is 10.7. The van der Waals surface area contributed by atoms with Gasteiger partial charge in [-0.25, -0.2) is 9.59 Å². The molecule has 1 rings (SSSR count). The van der Waals surface area contributed by atoms with Crippen LogP contribution in [-0.2, 0) is 25.6 Å². The Bertz CT molecular complexity index is 1010. The number of pyridine rings is 1. The molecular formula is C21H30N6O7. The van der Waals surface area contributed by atoms with E-state index in [9.17, 15) is 24.0 Å². The summed E-state index contributed by atoms with van der Waals surface area (Å²) >= 11 is 0. The lowest BCUT2D eigenvalue weighted by molar-refractivity contribution is -0.118. The minimum atomic E-state index is -1.08. The van der Waals surface area contributed by atoms with E-state index < -0.39 is 41.2 Å². The van der Waals surface area contributed by atoms with E-state index in [2.05, 4.69) is 20.7 Å². The zero-order valence-electron chi connectivity index (χ0n) is 19.5. The fourth-order valence-corrected chi connectivity index (χ4v) is 2.55. The van der Waals surface area contributed by atoms with Gasteiger partial charge in [-0.05, 0) is 51.8 Å². The normalized spacial score (nSPS) is 11.9. The van der Waals surface area contributed by atoms with Crippen LogP contribution in [0.5, 0.6) is 0 Å². The van der Waals surface area contributed by atoms with Crippen LogP contribution >= 0.6 is 0 Å². The number of anilines is 1. The van der Waals surface area contributed by atoms with Crippen molar-refractivity contribution in [3.8, 4) is 0 Å². The third kappa shape index (κ3) is 10.4. The maximum Gasteiger partial charge on any atom is 0.413 e. The number of carbonyl (C=O) groups is 4. The van der Waals surface area contributed by atoms with Gasteiger partial charge in [0.1, 0.15) is 23.2 Å². The highest BCUT2D eigenvalue weighted by atomic mass is 16.6. The summed E-state index contributed by atoms with van der Waals surface area (Å²) in [5.41, 5.74) is 3.51. The van der Waals surface area contributed by atoms with Crippen LogP contribution in [-0.4, -0.2) is 53.2 Å². The standard InChI is InChI=1S/C21H30N6O7/c1-21(2,3)34-20(32)26-15(22)12-27-11-7-9-14(18(27)30)24-17(29)13(25-19(31)33-4)8-5-6-10-16(23)28/h6-7,9-11,13H,5,8,12H2,1-4H3,(H2,23,28)(H,24,29)(H,25,31)(H2,22,26,32)/b10-6+/t13-/m0/s1. The molecule has 0 aliphatic rings. The SMILES string of the molecule is COC(=O)N[C@@H](CC/C=C/C(N)=O)C(=O)Nc1cccn(CC(=N)NC(=O)OC(C)(C)C)c1=O. The summed E-state index contributed by atoms with van der Waals surface area (Å²) in [5.74, 6) is -1.65. The van der Waals surface area contributed by atoms with Crippen molar-refractivity contribution >= 4 is 35.5 Å². The predicted octanol–water partition coefficient (Wildman–Crippen LogP) is 0.835. The summed E-state index contributed by atoms with van der Waals surface area (Å²) in [6.07, 6.45) is 2.59. The van der Waals surface area contributed by atoms with Gasteiger partial charge in [-0.15, -0.1) is 0 Å². The molecule has 0 aliphatic heterocycles. The number of amidine groups is 1. The number of methoxy groups -OCH3 is 1. The molecule has 0 radical (unpaired) electrons. The van der Waals surface area contributed by atoms with Gasteiger partial charge in [0.15, 0.2) is 0 Å². The second-order valence-corrected chi connectivity index (χ2v) is 8.02. The van der Waals surface area contributed by atoms with E-state index in [0.717, 1.165) is 17.8 Å².